The Morgan fingerprint density at radius 1 is 1.32 bits per heavy atom. The summed E-state index contributed by atoms with van der Waals surface area (Å²) in [5, 5.41) is 23.0. The van der Waals surface area contributed by atoms with Crippen molar-refractivity contribution >= 4 is 0 Å². The average molecular weight is 302 g/mol. The van der Waals surface area contributed by atoms with Gasteiger partial charge in [-0.05, 0) is 24.6 Å². The van der Waals surface area contributed by atoms with Gasteiger partial charge in [-0.1, -0.05) is 17.3 Å². The van der Waals surface area contributed by atoms with Gasteiger partial charge in [0, 0.05) is 6.20 Å². The zero-order valence-electron chi connectivity index (χ0n) is 11.9. The van der Waals surface area contributed by atoms with Gasteiger partial charge < -0.3 is 5.11 Å². The van der Waals surface area contributed by atoms with Crippen molar-refractivity contribution in [1.82, 2.24) is 29.8 Å². The van der Waals surface area contributed by atoms with Crippen LogP contribution in [0.3, 0.4) is 0 Å². The van der Waals surface area contributed by atoms with Gasteiger partial charge in [-0.15, -0.1) is 5.10 Å². The molecular formula is C14H15FN6O. The molecule has 0 spiro atoms. The fraction of sp³-hybridized carbons (Fsp3) is 0.286. The summed E-state index contributed by atoms with van der Waals surface area (Å²) in [6.45, 7) is 1.97. The van der Waals surface area contributed by atoms with Gasteiger partial charge in [0.25, 0.3) is 0 Å². The lowest BCUT2D eigenvalue weighted by molar-refractivity contribution is -0.0346. The van der Waals surface area contributed by atoms with E-state index < -0.39 is 11.6 Å². The normalized spacial score (nSPS) is 15.4. The SMILES string of the molecule is C[C@@H](n1ccnn1)[C@@](O)(Cn1cncn1)c1ccc(F)cc1. The van der Waals surface area contributed by atoms with Crippen molar-refractivity contribution in [3.63, 3.8) is 0 Å². The molecule has 0 radical (unpaired) electrons. The lowest BCUT2D eigenvalue weighted by Crippen LogP contribution is -2.40. The van der Waals surface area contributed by atoms with Crippen LogP contribution in [-0.4, -0.2) is 34.9 Å². The zero-order chi connectivity index (χ0) is 15.6. The topological polar surface area (TPSA) is 81.6 Å². The van der Waals surface area contributed by atoms with Crippen molar-refractivity contribution in [3.05, 3.63) is 60.7 Å². The van der Waals surface area contributed by atoms with Crippen LogP contribution in [0.15, 0.2) is 49.3 Å². The second-order valence-electron chi connectivity index (χ2n) is 5.08. The number of halogens is 1. The highest BCUT2D eigenvalue weighted by molar-refractivity contribution is 5.24. The number of nitrogens with zero attached hydrogens (tertiary/aromatic N) is 6. The smallest absolute Gasteiger partial charge is 0.137 e. The van der Waals surface area contributed by atoms with Crippen LogP contribution in [0.2, 0.25) is 0 Å². The Bertz CT molecular complexity index is 712. The van der Waals surface area contributed by atoms with E-state index in [2.05, 4.69) is 20.4 Å². The molecule has 0 saturated heterocycles. The van der Waals surface area contributed by atoms with Crippen molar-refractivity contribution in [2.75, 3.05) is 0 Å². The molecule has 114 valence electrons. The van der Waals surface area contributed by atoms with Crippen LogP contribution >= 0.6 is 0 Å². The van der Waals surface area contributed by atoms with Crippen LogP contribution in [0.5, 0.6) is 0 Å². The maximum absolute atomic E-state index is 13.2. The summed E-state index contributed by atoms with van der Waals surface area (Å²) in [6, 6.07) is 5.30. The molecule has 7 nitrogen and oxygen atoms in total. The molecule has 1 aromatic carbocycles. The molecule has 2 atom stereocenters. The minimum atomic E-state index is -1.35. The van der Waals surface area contributed by atoms with Crippen molar-refractivity contribution in [2.24, 2.45) is 0 Å². The fourth-order valence-corrected chi connectivity index (χ4v) is 2.41. The molecule has 0 aliphatic heterocycles. The van der Waals surface area contributed by atoms with Gasteiger partial charge in [0.05, 0.1) is 18.8 Å². The summed E-state index contributed by atoms with van der Waals surface area (Å²) >= 11 is 0. The Balaban J connectivity index is 2.02. The van der Waals surface area contributed by atoms with Gasteiger partial charge in [0.2, 0.25) is 0 Å². The van der Waals surface area contributed by atoms with Gasteiger partial charge in [-0.3, -0.25) is 0 Å². The summed E-state index contributed by atoms with van der Waals surface area (Å²) in [5.41, 5.74) is -0.790. The molecule has 0 fully saturated rings. The van der Waals surface area contributed by atoms with Gasteiger partial charge in [-0.2, -0.15) is 5.10 Å². The Morgan fingerprint density at radius 3 is 2.68 bits per heavy atom. The van der Waals surface area contributed by atoms with Gasteiger partial charge in [0.15, 0.2) is 0 Å². The van der Waals surface area contributed by atoms with E-state index in [1.54, 1.807) is 23.0 Å². The third-order valence-electron chi connectivity index (χ3n) is 3.74. The molecule has 0 amide bonds. The predicted molar refractivity (Wildman–Crippen MR) is 75.1 cm³/mol. The largest absolute Gasteiger partial charge is 0.381 e. The molecule has 8 heteroatoms. The quantitative estimate of drug-likeness (QED) is 0.765. The third kappa shape index (κ3) is 2.60. The van der Waals surface area contributed by atoms with Crippen LogP contribution in [0.25, 0.3) is 0 Å². The fourth-order valence-electron chi connectivity index (χ4n) is 2.41. The van der Waals surface area contributed by atoms with E-state index in [0.717, 1.165) is 0 Å². The van der Waals surface area contributed by atoms with Crippen molar-refractivity contribution in [1.29, 1.82) is 0 Å². The van der Waals surface area contributed by atoms with E-state index in [9.17, 15) is 9.50 Å². The first-order valence-corrected chi connectivity index (χ1v) is 6.76. The highest BCUT2D eigenvalue weighted by Gasteiger charge is 2.38. The summed E-state index contributed by atoms with van der Waals surface area (Å²) in [6.07, 6.45) is 6.12. The van der Waals surface area contributed by atoms with Gasteiger partial charge >= 0.3 is 0 Å². The maximum atomic E-state index is 13.2. The van der Waals surface area contributed by atoms with Crippen LogP contribution < -0.4 is 0 Å². The highest BCUT2D eigenvalue weighted by Crippen LogP contribution is 2.34. The summed E-state index contributed by atoms with van der Waals surface area (Å²) in [7, 11) is 0. The third-order valence-corrected chi connectivity index (χ3v) is 3.74. The Kier molecular flexibility index (Phi) is 3.68. The molecule has 0 bridgehead atoms. The first kappa shape index (κ1) is 14.3. The number of hydrogen-bond donors (Lipinski definition) is 1. The number of benzene rings is 1. The lowest BCUT2D eigenvalue weighted by Gasteiger charge is -2.34. The van der Waals surface area contributed by atoms with E-state index in [0.29, 0.717) is 5.56 Å². The van der Waals surface area contributed by atoms with E-state index in [1.165, 1.54) is 35.7 Å². The van der Waals surface area contributed by atoms with Crippen molar-refractivity contribution in [2.45, 2.75) is 25.1 Å². The zero-order valence-corrected chi connectivity index (χ0v) is 11.9. The Hall–Kier alpha value is -2.61. The van der Waals surface area contributed by atoms with E-state index in [4.69, 9.17) is 0 Å². The molecule has 3 rings (SSSR count). The monoisotopic (exact) mass is 302 g/mol. The molecule has 3 aromatic rings. The van der Waals surface area contributed by atoms with E-state index in [1.807, 2.05) is 6.92 Å². The molecule has 0 saturated carbocycles. The molecule has 0 aliphatic carbocycles. The molecule has 2 heterocycles. The van der Waals surface area contributed by atoms with Crippen molar-refractivity contribution < 1.29 is 9.50 Å². The Labute approximate surface area is 126 Å². The number of hydrogen-bond acceptors (Lipinski definition) is 5. The van der Waals surface area contributed by atoms with Crippen LogP contribution in [-0.2, 0) is 12.1 Å². The molecule has 1 N–H and O–H groups in total. The number of aromatic nitrogens is 6. The molecular weight excluding hydrogens is 287 g/mol. The van der Waals surface area contributed by atoms with Gasteiger partial charge in [0.1, 0.15) is 24.1 Å². The average Bonchev–Trinajstić information content (AvgIpc) is 3.20. The molecule has 2 aromatic heterocycles. The number of aliphatic hydroxyl groups is 1. The summed E-state index contributed by atoms with van der Waals surface area (Å²) in [5.74, 6) is -0.361. The Morgan fingerprint density at radius 2 is 2.09 bits per heavy atom. The molecule has 22 heavy (non-hydrogen) atoms. The van der Waals surface area contributed by atoms with E-state index >= 15 is 0 Å². The van der Waals surface area contributed by atoms with Crippen molar-refractivity contribution in [3.8, 4) is 0 Å². The first-order chi connectivity index (χ1) is 10.6. The summed E-state index contributed by atoms with van der Waals surface area (Å²) in [4.78, 5) is 3.88. The van der Waals surface area contributed by atoms with Crippen LogP contribution in [0.4, 0.5) is 4.39 Å². The molecule has 0 unspecified atom stereocenters. The standard InChI is InChI=1S/C14H15FN6O/c1-11(21-7-6-17-19-21)14(22,8-20-10-16-9-18-20)12-2-4-13(15)5-3-12/h2-7,9-11,22H,8H2,1H3/t11-,14+/m1/s1. The van der Waals surface area contributed by atoms with Crippen LogP contribution in [0, 0.1) is 5.82 Å². The second-order valence-corrected chi connectivity index (χ2v) is 5.08. The second kappa shape index (κ2) is 5.64. The minimum absolute atomic E-state index is 0.152. The minimum Gasteiger partial charge on any atom is -0.381 e. The maximum Gasteiger partial charge on any atom is 0.137 e. The van der Waals surface area contributed by atoms with Crippen LogP contribution in [0.1, 0.15) is 18.5 Å². The lowest BCUT2D eigenvalue weighted by atomic mass is 9.87. The molecule has 0 aliphatic rings. The highest BCUT2D eigenvalue weighted by atomic mass is 19.1. The number of rotatable bonds is 5. The predicted octanol–water partition coefficient (Wildman–Crippen LogP) is 1.16. The first-order valence-electron chi connectivity index (χ1n) is 6.76. The van der Waals surface area contributed by atoms with Gasteiger partial charge in [-0.25, -0.2) is 18.7 Å². The van der Waals surface area contributed by atoms with E-state index in [-0.39, 0.29) is 12.4 Å². The summed E-state index contributed by atoms with van der Waals surface area (Å²) < 4.78 is 16.3.